The van der Waals surface area contributed by atoms with Crippen LogP contribution in [0.3, 0.4) is 0 Å². The van der Waals surface area contributed by atoms with Crippen LogP contribution in [0.4, 0.5) is 30.2 Å². The van der Waals surface area contributed by atoms with Crippen LogP contribution in [-0.2, 0) is 0 Å². The summed E-state index contributed by atoms with van der Waals surface area (Å²) in [4.78, 5) is 3.91. The summed E-state index contributed by atoms with van der Waals surface area (Å²) in [6.45, 7) is 2.88. The first-order chi connectivity index (χ1) is 12.1. The zero-order valence-corrected chi connectivity index (χ0v) is 14.1. The minimum atomic E-state index is -4.78. The molecule has 1 heterocycles. The number of nitrogens with zero attached hydrogens (tertiary/aromatic N) is 3. The highest BCUT2D eigenvalue weighted by Gasteiger charge is 2.46. The quantitative estimate of drug-likeness (QED) is 0.586. The van der Waals surface area contributed by atoms with E-state index in [0.717, 1.165) is 5.01 Å². The summed E-state index contributed by atoms with van der Waals surface area (Å²) in [5.41, 5.74) is 9.73. The van der Waals surface area contributed by atoms with Gasteiger partial charge < -0.3 is 21.3 Å². The van der Waals surface area contributed by atoms with E-state index in [4.69, 9.17) is 26.7 Å². The number of amidine groups is 1. The number of hydrogen-bond acceptors (Lipinski definition) is 7. The number of hydrogen-bond donors (Lipinski definition) is 4. The summed E-state index contributed by atoms with van der Waals surface area (Å²) in [7, 11) is 0. The average Bonchev–Trinajstić information content (AvgIpc) is 2.86. The number of aliphatic hydroxyl groups excluding tert-OH is 1. The number of hydrazone groups is 1. The Morgan fingerprint density at radius 3 is 2.50 bits per heavy atom. The zero-order chi connectivity index (χ0) is 19.6. The van der Waals surface area contributed by atoms with E-state index in [0.29, 0.717) is 0 Å². The van der Waals surface area contributed by atoms with Crippen molar-refractivity contribution in [1.82, 2.24) is 5.01 Å². The van der Waals surface area contributed by atoms with Crippen LogP contribution in [0, 0.1) is 5.41 Å². The SMILES string of the molecule is CC(C)N1N=C(C(F)(F)F)C(=Nc2cc(OCCO)c(N)cc2N)C1=N. The number of aliphatic hydroxyl groups is 1. The normalized spacial score (nSPS) is 16.6. The van der Waals surface area contributed by atoms with E-state index < -0.39 is 29.5 Å². The van der Waals surface area contributed by atoms with Gasteiger partial charge in [0.2, 0.25) is 0 Å². The van der Waals surface area contributed by atoms with E-state index in [1.807, 2.05) is 0 Å². The zero-order valence-electron chi connectivity index (χ0n) is 14.1. The lowest BCUT2D eigenvalue weighted by atomic mass is 10.2. The highest BCUT2D eigenvalue weighted by Crippen LogP contribution is 2.35. The summed E-state index contributed by atoms with van der Waals surface area (Å²) in [5, 5.41) is 21.2. The molecule has 0 fully saturated rings. The van der Waals surface area contributed by atoms with E-state index in [1.54, 1.807) is 13.8 Å². The molecule has 26 heavy (non-hydrogen) atoms. The predicted molar refractivity (Wildman–Crippen MR) is 93.1 cm³/mol. The molecule has 8 nitrogen and oxygen atoms in total. The van der Waals surface area contributed by atoms with Crippen molar-refractivity contribution < 1.29 is 23.0 Å². The number of rotatable bonds is 5. The number of halogens is 3. The van der Waals surface area contributed by atoms with Crippen LogP contribution in [0.25, 0.3) is 0 Å². The number of nitrogens with two attached hydrogens (primary N) is 2. The Morgan fingerprint density at radius 1 is 1.31 bits per heavy atom. The third-order valence-corrected chi connectivity index (χ3v) is 3.38. The number of alkyl halides is 3. The van der Waals surface area contributed by atoms with Crippen LogP contribution in [0.2, 0.25) is 0 Å². The molecule has 1 aromatic carbocycles. The Morgan fingerprint density at radius 2 is 1.96 bits per heavy atom. The van der Waals surface area contributed by atoms with E-state index >= 15 is 0 Å². The summed E-state index contributed by atoms with van der Waals surface area (Å²) >= 11 is 0. The second-order valence-electron chi connectivity index (χ2n) is 5.71. The van der Waals surface area contributed by atoms with Gasteiger partial charge in [-0.1, -0.05) is 0 Å². The molecule has 11 heteroatoms. The summed E-state index contributed by atoms with van der Waals surface area (Å²) in [6, 6.07) is 2.09. The monoisotopic (exact) mass is 372 g/mol. The Labute approximate surface area is 147 Å². The highest BCUT2D eigenvalue weighted by atomic mass is 19.4. The molecule has 0 aromatic heterocycles. The van der Waals surface area contributed by atoms with Crippen molar-refractivity contribution >= 4 is 34.3 Å². The number of ether oxygens (including phenoxy) is 1. The van der Waals surface area contributed by atoms with Gasteiger partial charge in [-0.3, -0.25) is 5.41 Å². The molecule has 0 spiro atoms. The third-order valence-electron chi connectivity index (χ3n) is 3.38. The van der Waals surface area contributed by atoms with Crippen LogP contribution < -0.4 is 16.2 Å². The second-order valence-corrected chi connectivity index (χ2v) is 5.71. The standard InChI is InChI=1S/C15H19F3N6O2/c1-7(2)24-14(21)12(13(23-24)15(16,17)18)22-10-6-11(26-4-3-25)9(20)5-8(10)19/h5-7,21,25H,3-4,19-20H2,1-2H3. The molecule has 0 bridgehead atoms. The number of nitrogen functional groups attached to an aromatic ring is 2. The van der Waals surface area contributed by atoms with Crippen molar-refractivity contribution in [3.8, 4) is 5.75 Å². The van der Waals surface area contributed by atoms with E-state index in [1.165, 1.54) is 12.1 Å². The molecule has 1 aliphatic rings. The van der Waals surface area contributed by atoms with E-state index in [-0.39, 0.29) is 36.0 Å². The van der Waals surface area contributed by atoms with Gasteiger partial charge in [0.15, 0.2) is 11.5 Å². The lowest BCUT2D eigenvalue weighted by Crippen LogP contribution is -2.35. The molecular formula is C15H19F3N6O2. The molecular weight excluding hydrogens is 353 g/mol. The summed E-state index contributed by atoms with van der Waals surface area (Å²) < 4.78 is 45.1. The van der Waals surface area contributed by atoms with Crippen molar-refractivity contribution in [2.45, 2.75) is 26.1 Å². The van der Waals surface area contributed by atoms with Crippen molar-refractivity contribution in [3.05, 3.63) is 12.1 Å². The third kappa shape index (κ3) is 3.87. The molecule has 0 aliphatic carbocycles. The highest BCUT2D eigenvalue weighted by molar-refractivity contribution is 6.70. The largest absolute Gasteiger partial charge is 0.489 e. The first kappa shape index (κ1) is 19.5. The molecule has 0 saturated carbocycles. The van der Waals surface area contributed by atoms with Gasteiger partial charge >= 0.3 is 6.18 Å². The van der Waals surface area contributed by atoms with E-state index in [9.17, 15) is 13.2 Å². The number of benzene rings is 1. The van der Waals surface area contributed by atoms with Crippen LogP contribution in [0.15, 0.2) is 22.2 Å². The molecule has 6 N–H and O–H groups in total. The fourth-order valence-corrected chi connectivity index (χ4v) is 2.20. The smallest absolute Gasteiger partial charge is 0.437 e. The van der Waals surface area contributed by atoms with Gasteiger partial charge in [-0.25, -0.2) is 10.0 Å². The number of anilines is 2. The Bertz CT molecular complexity index is 773. The van der Waals surface area contributed by atoms with E-state index in [2.05, 4.69) is 10.1 Å². The molecule has 2 rings (SSSR count). The fraction of sp³-hybridized carbons (Fsp3) is 0.400. The first-order valence-electron chi connectivity index (χ1n) is 7.62. The van der Waals surface area contributed by atoms with Crippen molar-refractivity contribution in [3.63, 3.8) is 0 Å². The minimum Gasteiger partial charge on any atom is -0.489 e. The molecule has 0 amide bonds. The van der Waals surface area contributed by atoms with Gasteiger partial charge in [-0.15, -0.1) is 0 Å². The van der Waals surface area contributed by atoms with Gasteiger partial charge in [-0.05, 0) is 19.9 Å². The molecule has 0 radical (unpaired) electrons. The molecule has 142 valence electrons. The van der Waals surface area contributed by atoms with Gasteiger partial charge in [0.1, 0.15) is 18.1 Å². The molecule has 1 aromatic rings. The first-order valence-corrected chi connectivity index (χ1v) is 7.62. The fourth-order valence-electron chi connectivity index (χ4n) is 2.20. The number of nitrogens with one attached hydrogen (secondary N) is 1. The topological polar surface area (TPSA) is 133 Å². The molecule has 0 saturated heterocycles. The van der Waals surface area contributed by atoms with Crippen LogP contribution in [0.1, 0.15) is 13.8 Å². The average molecular weight is 372 g/mol. The van der Waals surface area contributed by atoms with Crippen molar-refractivity contribution in [1.29, 1.82) is 5.41 Å². The van der Waals surface area contributed by atoms with Crippen molar-refractivity contribution in [2.24, 2.45) is 10.1 Å². The number of aliphatic imine (C=N–C) groups is 1. The minimum absolute atomic E-state index is 0.0173. The van der Waals surface area contributed by atoms with Gasteiger partial charge in [0, 0.05) is 12.1 Å². The Balaban J connectivity index is 2.53. The maximum Gasteiger partial charge on any atom is 0.437 e. The Kier molecular flexibility index (Phi) is 5.40. The van der Waals surface area contributed by atoms with Crippen LogP contribution in [0.5, 0.6) is 5.75 Å². The van der Waals surface area contributed by atoms with Gasteiger partial charge in [-0.2, -0.15) is 18.3 Å². The lowest BCUT2D eigenvalue weighted by Gasteiger charge is -2.17. The summed E-state index contributed by atoms with van der Waals surface area (Å²) in [6.07, 6.45) is -4.78. The van der Waals surface area contributed by atoms with Gasteiger partial charge in [0.05, 0.1) is 23.7 Å². The van der Waals surface area contributed by atoms with Crippen LogP contribution in [-0.4, -0.2) is 52.8 Å². The maximum absolute atomic E-state index is 13.3. The molecule has 0 unspecified atom stereocenters. The maximum atomic E-state index is 13.3. The van der Waals surface area contributed by atoms with Crippen LogP contribution >= 0.6 is 0 Å². The Hall–Kier alpha value is -2.82. The second kappa shape index (κ2) is 7.20. The molecule has 0 atom stereocenters. The predicted octanol–water partition coefficient (Wildman–Crippen LogP) is 1.91. The van der Waals surface area contributed by atoms with Gasteiger partial charge in [0.25, 0.3) is 0 Å². The lowest BCUT2D eigenvalue weighted by molar-refractivity contribution is -0.0571. The molecule has 1 aliphatic heterocycles. The van der Waals surface area contributed by atoms with Crippen molar-refractivity contribution in [2.75, 3.05) is 24.7 Å². The summed E-state index contributed by atoms with van der Waals surface area (Å²) in [5.74, 6) is -0.371.